The molecule has 2 rings (SSSR count). The number of carbonyl (C=O) groups is 1. The Morgan fingerprint density at radius 3 is 2.35 bits per heavy atom. The molecule has 0 bridgehead atoms. The number of hydrogen-bond donors (Lipinski definition) is 1. The lowest BCUT2D eigenvalue weighted by Gasteiger charge is -2.31. The highest BCUT2D eigenvalue weighted by atomic mass is 35.5. The molecule has 1 aliphatic heterocycles. The highest BCUT2D eigenvalue weighted by Gasteiger charge is 2.27. The first-order chi connectivity index (χ1) is 10.8. The molecule has 1 aliphatic rings. The Morgan fingerprint density at radius 2 is 1.83 bits per heavy atom. The first kappa shape index (κ1) is 18.3. The number of carbonyl (C=O) groups excluding carboxylic acids is 1. The number of sulfonamides is 1. The molecule has 0 spiro atoms. The fraction of sp³-hybridized carbons (Fsp3) is 0.500. The minimum Gasteiger partial charge on any atom is -0.450 e. The van der Waals surface area contributed by atoms with Gasteiger partial charge < -0.3 is 9.64 Å². The van der Waals surface area contributed by atoms with E-state index in [2.05, 4.69) is 4.72 Å². The lowest BCUT2D eigenvalue weighted by atomic mass is 10.1. The third kappa shape index (κ3) is 4.97. The molecule has 0 aliphatic carbocycles. The van der Waals surface area contributed by atoms with Crippen LogP contribution >= 0.6 is 23.2 Å². The predicted octanol–water partition coefficient (Wildman–Crippen LogP) is 2.89. The maximum atomic E-state index is 12.4. The molecule has 23 heavy (non-hydrogen) atoms. The van der Waals surface area contributed by atoms with Crippen LogP contribution in [0.1, 0.15) is 19.8 Å². The van der Waals surface area contributed by atoms with Gasteiger partial charge in [-0.2, -0.15) is 0 Å². The van der Waals surface area contributed by atoms with Crippen molar-refractivity contribution in [3.05, 3.63) is 28.2 Å². The number of nitrogens with one attached hydrogen (secondary N) is 1. The molecule has 9 heteroatoms. The summed E-state index contributed by atoms with van der Waals surface area (Å²) in [5, 5.41) is 0.519. The Hall–Kier alpha value is -1.02. The van der Waals surface area contributed by atoms with Crippen LogP contribution in [0, 0.1) is 0 Å². The van der Waals surface area contributed by atoms with Gasteiger partial charge in [-0.1, -0.05) is 23.2 Å². The molecule has 1 N–H and O–H groups in total. The number of rotatable bonds is 4. The number of halogens is 2. The van der Waals surface area contributed by atoms with Gasteiger partial charge in [0.2, 0.25) is 10.0 Å². The minimum atomic E-state index is -3.71. The van der Waals surface area contributed by atoms with E-state index >= 15 is 0 Å². The van der Waals surface area contributed by atoms with Crippen LogP contribution in [0.5, 0.6) is 0 Å². The Labute approximate surface area is 145 Å². The Bertz CT molecular complexity index is 653. The topological polar surface area (TPSA) is 75.7 Å². The summed E-state index contributed by atoms with van der Waals surface area (Å²) in [6, 6.07) is 3.93. The van der Waals surface area contributed by atoms with Crippen molar-refractivity contribution in [1.29, 1.82) is 0 Å². The van der Waals surface area contributed by atoms with Crippen LogP contribution in [-0.2, 0) is 14.8 Å². The third-order valence-electron chi connectivity index (χ3n) is 3.49. The third-order valence-corrected chi connectivity index (χ3v) is 5.43. The lowest BCUT2D eigenvalue weighted by molar-refractivity contribution is 0.0966. The van der Waals surface area contributed by atoms with Crippen LogP contribution in [-0.4, -0.2) is 45.1 Å². The van der Waals surface area contributed by atoms with Crippen molar-refractivity contribution < 1.29 is 17.9 Å². The number of likely N-dealkylation sites (tertiary alicyclic amines) is 1. The lowest BCUT2D eigenvalue weighted by Crippen LogP contribution is -2.46. The van der Waals surface area contributed by atoms with Crippen LogP contribution in [0.15, 0.2) is 23.1 Å². The summed E-state index contributed by atoms with van der Waals surface area (Å²) in [5.74, 6) is 0. The Balaban J connectivity index is 1.99. The largest absolute Gasteiger partial charge is 0.450 e. The van der Waals surface area contributed by atoms with Gasteiger partial charge in [0.15, 0.2) is 0 Å². The van der Waals surface area contributed by atoms with Crippen molar-refractivity contribution in [1.82, 2.24) is 9.62 Å². The van der Waals surface area contributed by atoms with Gasteiger partial charge in [-0.25, -0.2) is 17.9 Å². The fourth-order valence-electron chi connectivity index (χ4n) is 2.37. The molecule has 0 saturated carbocycles. The molecular formula is C14H18Cl2N2O4S. The summed E-state index contributed by atoms with van der Waals surface area (Å²) < 4.78 is 32.3. The molecule has 6 nitrogen and oxygen atoms in total. The molecule has 0 aromatic heterocycles. The molecular weight excluding hydrogens is 363 g/mol. The molecule has 0 radical (unpaired) electrons. The van der Waals surface area contributed by atoms with Gasteiger partial charge in [0.25, 0.3) is 0 Å². The fourth-order valence-corrected chi connectivity index (χ4v) is 4.40. The summed E-state index contributed by atoms with van der Waals surface area (Å²) in [4.78, 5) is 13.2. The molecule has 0 atom stereocenters. The molecule has 128 valence electrons. The van der Waals surface area contributed by atoms with E-state index in [-0.39, 0.29) is 27.1 Å². The van der Waals surface area contributed by atoms with E-state index < -0.39 is 10.0 Å². The molecule has 1 aromatic carbocycles. The quantitative estimate of drug-likeness (QED) is 0.870. The summed E-state index contributed by atoms with van der Waals surface area (Å²) in [5.41, 5.74) is 0. The summed E-state index contributed by atoms with van der Waals surface area (Å²) in [7, 11) is -3.71. The van der Waals surface area contributed by atoms with Crippen LogP contribution in [0.4, 0.5) is 4.79 Å². The Morgan fingerprint density at radius 1 is 1.26 bits per heavy atom. The Kier molecular flexibility index (Phi) is 6.13. The van der Waals surface area contributed by atoms with E-state index in [9.17, 15) is 13.2 Å². The van der Waals surface area contributed by atoms with E-state index in [1.54, 1.807) is 11.8 Å². The van der Waals surface area contributed by atoms with Crippen LogP contribution in [0.2, 0.25) is 10.0 Å². The first-order valence-electron chi connectivity index (χ1n) is 7.22. The molecule has 1 amide bonds. The number of nitrogens with zero attached hydrogens (tertiary/aromatic N) is 1. The summed E-state index contributed by atoms with van der Waals surface area (Å²) in [6.45, 7) is 2.96. The SMILES string of the molecule is CCOC(=O)N1CCC(NS(=O)(=O)c2cc(Cl)cc(Cl)c2)CC1. The van der Waals surface area contributed by atoms with E-state index in [1.165, 1.54) is 18.2 Å². The van der Waals surface area contributed by atoms with Gasteiger partial charge in [-0.05, 0) is 38.0 Å². The maximum absolute atomic E-state index is 12.4. The highest BCUT2D eigenvalue weighted by Crippen LogP contribution is 2.23. The average Bonchev–Trinajstić information content (AvgIpc) is 2.47. The average molecular weight is 381 g/mol. The molecule has 1 saturated heterocycles. The van der Waals surface area contributed by atoms with Gasteiger partial charge in [0, 0.05) is 29.2 Å². The van der Waals surface area contributed by atoms with Crippen LogP contribution in [0.3, 0.4) is 0 Å². The zero-order valence-corrected chi connectivity index (χ0v) is 14.9. The van der Waals surface area contributed by atoms with Crippen molar-refractivity contribution in [3.63, 3.8) is 0 Å². The predicted molar refractivity (Wildman–Crippen MR) is 88.4 cm³/mol. The minimum absolute atomic E-state index is 0.0304. The molecule has 1 aromatic rings. The number of hydrogen-bond acceptors (Lipinski definition) is 4. The smallest absolute Gasteiger partial charge is 0.409 e. The molecule has 1 fully saturated rings. The standard InChI is InChI=1S/C14H18Cl2N2O4S/c1-2-22-14(19)18-5-3-12(4-6-18)17-23(20,21)13-8-10(15)7-11(16)9-13/h7-9,12,17H,2-6H2,1H3. The van der Waals surface area contributed by atoms with Crippen LogP contribution < -0.4 is 4.72 Å². The van der Waals surface area contributed by atoms with Crippen molar-refractivity contribution in [3.8, 4) is 0 Å². The molecule has 1 heterocycles. The number of ether oxygens (including phenoxy) is 1. The number of amides is 1. The van der Waals surface area contributed by atoms with Crippen molar-refractivity contribution in [2.24, 2.45) is 0 Å². The van der Waals surface area contributed by atoms with Crippen molar-refractivity contribution >= 4 is 39.3 Å². The van der Waals surface area contributed by atoms with Crippen molar-refractivity contribution in [2.45, 2.75) is 30.7 Å². The van der Waals surface area contributed by atoms with Gasteiger partial charge in [-0.3, -0.25) is 0 Å². The maximum Gasteiger partial charge on any atom is 0.409 e. The zero-order valence-electron chi connectivity index (χ0n) is 12.6. The van der Waals surface area contributed by atoms with Gasteiger partial charge in [0.05, 0.1) is 11.5 Å². The monoisotopic (exact) mass is 380 g/mol. The zero-order chi connectivity index (χ0) is 17.0. The van der Waals surface area contributed by atoms with Gasteiger partial charge >= 0.3 is 6.09 Å². The number of piperidine rings is 1. The second kappa shape index (κ2) is 7.70. The van der Waals surface area contributed by atoms with Crippen LogP contribution in [0.25, 0.3) is 0 Å². The van der Waals surface area contributed by atoms with Crippen molar-refractivity contribution in [2.75, 3.05) is 19.7 Å². The number of benzene rings is 1. The highest BCUT2D eigenvalue weighted by molar-refractivity contribution is 7.89. The first-order valence-corrected chi connectivity index (χ1v) is 9.46. The van der Waals surface area contributed by atoms with E-state index in [1.807, 2.05) is 0 Å². The van der Waals surface area contributed by atoms with Gasteiger partial charge in [0.1, 0.15) is 0 Å². The normalized spacial score (nSPS) is 16.4. The second-order valence-electron chi connectivity index (χ2n) is 5.19. The molecule has 0 unspecified atom stereocenters. The van der Waals surface area contributed by atoms with E-state index in [4.69, 9.17) is 27.9 Å². The van der Waals surface area contributed by atoms with Gasteiger partial charge in [-0.15, -0.1) is 0 Å². The summed E-state index contributed by atoms with van der Waals surface area (Å²) >= 11 is 11.7. The van der Waals surface area contributed by atoms with E-state index in [0.29, 0.717) is 32.5 Å². The van der Waals surface area contributed by atoms with E-state index in [0.717, 1.165) is 0 Å². The summed E-state index contributed by atoms with van der Waals surface area (Å²) in [6.07, 6.45) is 0.675. The second-order valence-corrected chi connectivity index (χ2v) is 7.77.